The highest BCUT2D eigenvalue weighted by molar-refractivity contribution is 6.31. The summed E-state index contributed by atoms with van der Waals surface area (Å²) in [5, 5.41) is 3.55. The van der Waals surface area contributed by atoms with Crippen LogP contribution in [0.4, 0.5) is 10.5 Å². The summed E-state index contributed by atoms with van der Waals surface area (Å²) < 4.78 is 5.79. The van der Waals surface area contributed by atoms with Crippen LogP contribution in [0.1, 0.15) is 17.2 Å². The zero-order chi connectivity index (χ0) is 16.2. The first kappa shape index (κ1) is 15.8. The van der Waals surface area contributed by atoms with E-state index in [0.717, 1.165) is 16.8 Å². The van der Waals surface area contributed by atoms with Crippen LogP contribution in [-0.2, 0) is 4.74 Å². The molecule has 0 bridgehead atoms. The first-order chi connectivity index (χ1) is 11.1. The number of carbonyl (C=O) groups is 1. The van der Waals surface area contributed by atoms with Crippen molar-refractivity contribution in [2.75, 3.05) is 25.0 Å². The number of aryl methyl sites for hydroxylation is 1. The third-order valence-corrected chi connectivity index (χ3v) is 4.20. The Morgan fingerprint density at radius 1 is 1.26 bits per heavy atom. The van der Waals surface area contributed by atoms with Crippen LogP contribution in [0, 0.1) is 6.92 Å². The lowest BCUT2D eigenvalue weighted by Crippen LogP contribution is -2.44. The molecule has 0 saturated carbocycles. The van der Waals surface area contributed by atoms with Crippen molar-refractivity contribution < 1.29 is 9.53 Å². The third-order valence-electron chi connectivity index (χ3n) is 3.97. The Labute approximate surface area is 141 Å². The van der Waals surface area contributed by atoms with Gasteiger partial charge in [-0.1, -0.05) is 48.0 Å². The maximum atomic E-state index is 12.5. The molecule has 1 N–H and O–H groups in total. The van der Waals surface area contributed by atoms with Crippen LogP contribution in [-0.4, -0.2) is 30.6 Å². The number of nitrogens with one attached hydrogen (secondary N) is 1. The number of anilines is 1. The van der Waals surface area contributed by atoms with Crippen molar-refractivity contribution in [3.63, 3.8) is 0 Å². The van der Waals surface area contributed by atoms with Gasteiger partial charge in [0.25, 0.3) is 0 Å². The van der Waals surface area contributed by atoms with Gasteiger partial charge >= 0.3 is 6.03 Å². The molecule has 1 fully saturated rings. The molecule has 3 rings (SSSR count). The van der Waals surface area contributed by atoms with Crippen LogP contribution < -0.4 is 5.32 Å². The average molecular weight is 331 g/mol. The fraction of sp³-hybridized carbons (Fsp3) is 0.278. The van der Waals surface area contributed by atoms with Crippen LogP contribution in [0.25, 0.3) is 0 Å². The number of amides is 2. The molecular formula is C18H19ClN2O2. The summed E-state index contributed by atoms with van der Waals surface area (Å²) in [6.07, 6.45) is -0.0869. The minimum absolute atomic E-state index is 0.0869. The van der Waals surface area contributed by atoms with E-state index in [9.17, 15) is 4.79 Å². The number of halogens is 1. The largest absolute Gasteiger partial charge is 0.370 e. The Kier molecular flexibility index (Phi) is 4.84. The lowest BCUT2D eigenvalue weighted by molar-refractivity contribution is -0.0135. The summed E-state index contributed by atoms with van der Waals surface area (Å²) in [7, 11) is 0. The normalized spacial score (nSPS) is 17.8. The standard InChI is InChI=1S/C18H19ClN2O2/c1-13-7-8-15(19)11-16(13)20-18(22)21-9-10-23-17(12-21)14-5-3-2-4-6-14/h2-8,11,17H,9-10,12H2,1H3,(H,20,22). The van der Waals surface area contributed by atoms with Gasteiger partial charge in [-0.2, -0.15) is 0 Å². The van der Waals surface area contributed by atoms with Gasteiger partial charge in [-0.15, -0.1) is 0 Å². The molecule has 1 atom stereocenters. The summed E-state index contributed by atoms with van der Waals surface area (Å²) in [4.78, 5) is 14.3. The fourth-order valence-corrected chi connectivity index (χ4v) is 2.80. The lowest BCUT2D eigenvalue weighted by atomic mass is 10.1. The van der Waals surface area contributed by atoms with Crippen molar-refractivity contribution >= 4 is 23.3 Å². The Morgan fingerprint density at radius 3 is 2.83 bits per heavy atom. The molecule has 0 radical (unpaired) electrons. The van der Waals surface area contributed by atoms with Crippen molar-refractivity contribution in [3.8, 4) is 0 Å². The van der Waals surface area contributed by atoms with E-state index in [1.54, 1.807) is 11.0 Å². The quantitative estimate of drug-likeness (QED) is 0.894. The zero-order valence-corrected chi connectivity index (χ0v) is 13.7. The van der Waals surface area contributed by atoms with E-state index in [-0.39, 0.29) is 12.1 Å². The molecule has 0 spiro atoms. The molecule has 1 heterocycles. The SMILES string of the molecule is Cc1ccc(Cl)cc1NC(=O)N1CCOC(c2ccccc2)C1. The van der Waals surface area contributed by atoms with Gasteiger partial charge in [0.2, 0.25) is 0 Å². The van der Waals surface area contributed by atoms with Crippen molar-refractivity contribution in [1.29, 1.82) is 0 Å². The first-order valence-corrected chi connectivity index (χ1v) is 8.00. The topological polar surface area (TPSA) is 41.6 Å². The second-order valence-electron chi connectivity index (χ2n) is 5.61. The highest BCUT2D eigenvalue weighted by atomic mass is 35.5. The minimum atomic E-state index is -0.125. The Bertz CT molecular complexity index is 691. The minimum Gasteiger partial charge on any atom is -0.370 e. The van der Waals surface area contributed by atoms with Crippen LogP contribution >= 0.6 is 11.6 Å². The van der Waals surface area contributed by atoms with Crippen LogP contribution in [0.3, 0.4) is 0 Å². The average Bonchev–Trinajstić information content (AvgIpc) is 2.59. The second kappa shape index (κ2) is 7.02. The Morgan fingerprint density at radius 2 is 2.04 bits per heavy atom. The number of urea groups is 1. The smallest absolute Gasteiger partial charge is 0.322 e. The monoisotopic (exact) mass is 330 g/mol. The number of benzene rings is 2. The number of hydrogen-bond donors (Lipinski definition) is 1. The molecule has 23 heavy (non-hydrogen) atoms. The van der Waals surface area contributed by atoms with Crippen molar-refractivity contribution in [2.45, 2.75) is 13.0 Å². The maximum absolute atomic E-state index is 12.5. The number of nitrogens with zero attached hydrogens (tertiary/aromatic N) is 1. The molecule has 2 aromatic rings. The second-order valence-corrected chi connectivity index (χ2v) is 6.04. The molecule has 4 nitrogen and oxygen atoms in total. The third kappa shape index (κ3) is 3.84. The predicted octanol–water partition coefficient (Wildman–Crippen LogP) is 4.25. The van der Waals surface area contributed by atoms with E-state index in [0.29, 0.717) is 24.7 Å². The molecule has 0 aromatic heterocycles. The van der Waals surface area contributed by atoms with Crippen molar-refractivity contribution in [1.82, 2.24) is 4.90 Å². The molecule has 1 aliphatic rings. The van der Waals surface area contributed by atoms with Crippen molar-refractivity contribution in [3.05, 3.63) is 64.7 Å². The van der Waals surface area contributed by atoms with Gasteiger partial charge in [-0.05, 0) is 30.2 Å². The van der Waals surface area contributed by atoms with E-state index in [2.05, 4.69) is 5.32 Å². The maximum Gasteiger partial charge on any atom is 0.322 e. The molecule has 1 aliphatic heterocycles. The van der Waals surface area contributed by atoms with E-state index >= 15 is 0 Å². The summed E-state index contributed by atoms with van der Waals surface area (Å²) in [5.41, 5.74) is 2.81. The Hall–Kier alpha value is -2.04. The molecule has 1 unspecified atom stereocenters. The summed E-state index contributed by atoms with van der Waals surface area (Å²) in [6, 6.07) is 15.3. The van der Waals surface area contributed by atoms with E-state index in [1.807, 2.05) is 49.4 Å². The highest BCUT2D eigenvalue weighted by Crippen LogP contribution is 2.24. The van der Waals surface area contributed by atoms with E-state index < -0.39 is 0 Å². The van der Waals surface area contributed by atoms with Gasteiger partial charge < -0.3 is 15.0 Å². The van der Waals surface area contributed by atoms with E-state index in [1.165, 1.54) is 0 Å². The summed E-state index contributed by atoms with van der Waals surface area (Å²) >= 11 is 6.00. The van der Waals surface area contributed by atoms with Gasteiger partial charge in [0.1, 0.15) is 6.10 Å². The molecule has 2 amide bonds. The van der Waals surface area contributed by atoms with Gasteiger partial charge in [0.15, 0.2) is 0 Å². The Balaban J connectivity index is 1.69. The molecule has 120 valence electrons. The number of ether oxygens (including phenoxy) is 1. The van der Waals surface area contributed by atoms with Gasteiger partial charge in [0.05, 0.1) is 13.2 Å². The van der Waals surface area contributed by atoms with Crippen molar-refractivity contribution in [2.24, 2.45) is 0 Å². The molecular weight excluding hydrogens is 312 g/mol. The van der Waals surface area contributed by atoms with Crippen LogP contribution in [0.2, 0.25) is 5.02 Å². The molecule has 2 aromatic carbocycles. The van der Waals surface area contributed by atoms with Gasteiger partial charge in [-0.25, -0.2) is 4.79 Å². The molecule has 5 heteroatoms. The highest BCUT2D eigenvalue weighted by Gasteiger charge is 2.25. The van der Waals surface area contributed by atoms with Gasteiger partial charge in [0, 0.05) is 17.3 Å². The zero-order valence-electron chi connectivity index (χ0n) is 13.0. The number of hydrogen-bond acceptors (Lipinski definition) is 2. The number of carbonyl (C=O) groups excluding carboxylic acids is 1. The first-order valence-electron chi connectivity index (χ1n) is 7.62. The fourth-order valence-electron chi connectivity index (χ4n) is 2.63. The lowest BCUT2D eigenvalue weighted by Gasteiger charge is -2.33. The van der Waals surface area contributed by atoms with E-state index in [4.69, 9.17) is 16.3 Å². The van der Waals surface area contributed by atoms with Crippen LogP contribution in [0.5, 0.6) is 0 Å². The number of rotatable bonds is 2. The molecule has 0 aliphatic carbocycles. The van der Waals surface area contributed by atoms with Crippen LogP contribution in [0.15, 0.2) is 48.5 Å². The summed E-state index contributed by atoms with van der Waals surface area (Å²) in [5.74, 6) is 0. The number of morpholine rings is 1. The predicted molar refractivity (Wildman–Crippen MR) is 91.9 cm³/mol. The summed E-state index contributed by atoms with van der Waals surface area (Å²) in [6.45, 7) is 3.59. The molecule has 1 saturated heterocycles. The van der Waals surface area contributed by atoms with Gasteiger partial charge in [-0.3, -0.25) is 0 Å².